The van der Waals surface area contributed by atoms with Gasteiger partial charge in [-0.05, 0) is 12.1 Å². The van der Waals surface area contributed by atoms with Crippen LogP contribution in [-0.2, 0) is 0 Å². The molecule has 0 saturated carbocycles. The van der Waals surface area contributed by atoms with E-state index < -0.39 is 0 Å². The SMILES string of the molecule is CC.CC.CCCC.COc1ccccc1. The largest absolute Gasteiger partial charge is 0.497 e. The molecule has 0 N–H and O–H groups in total. The first kappa shape index (κ1) is 20.4. The van der Waals surface area contributed by atoms with Crippen LogP contribution in [0.5, 0.6) is 5.75 Å². The molecule has 0 spiro atoms. The third kappa shape index (κ3) is 18.7. The maximum atomic E-state index is 4.91. The topological polar surface area (TPSA) is 9.23 Å². The van der Waals surface area contributed by atoms with E-state index in [2.05, 4.69) is 13.8 Å². The van der Waals surface area contributed by atoms with Gasteiger partial charge in [-0.3, -0.25) is 0 Å². The Balaban J connectivity index is -0.000000181. The molecule has 0 fully saturated rings. The van der Waals surface area contributed by atoms with E-state index in [0.29, 0.717) is 0 Å². The standard InChI is InChI=1S/C7H8O.C4H10.2C2H6/c1-8-7-5-3-2-4-6-7;1-3-4-2;2*1-2/h2-6H,1H3;3-4H2,1-2H3;2*1-2H3. The summed E-state index contributed by atoms with van der Waals surface area (Å²) in [5.74, 6) is 0.910. The quantitative estimate of drug-likeness (QED) is 0.642. The minimum Gasteiger partial charge on any atom is -0.497 e. The monoisotopic (exact) mass is 226 g/mol. The summed E-state index contributed by atoms with van der Waals surface area (Å²) in [6.07, 6.45) is 2.64. The maximum absolute atomic E-state index is 4.91. The van der Waals surface area contributed by atoms with Crippen LogP contribution in [0.15, 0.2) is 30.3 Å². The highest BCUT2D eigenvalue weighted by molar-refractivity contribution is 5.20. The molecule has 0 aliphatic heterocycles. The zero-order valence-electron chi connectivity index (χ0n) is 12.2. The van der Waals surface area contributed by atoms with E-state index in [0.717, 1.165) is 5.75 Å². The average molecular weight is 226 g/mol. The van der Waals surface area contributed by atoms with Crippen molar-refractivity contribution in [2.24, 2.45) is 0 Å². The summed E-state index contributed by atoms with van der Waals surface area (Å²) in [4.78, 5) is 0. The van der Waals surface area contributed by atoms with E-state index in [-0.39, 0.29) is 0 Å². The molecular weight excluding hydrogens is 196 g/mol. The number of benzene rings is 1. The minimum atomic E-state index is 0.910. The lowest BCUT2D eigenvalue weighted by Crippen LogP contribution is -1.78. The average Bonchev–Trinajstić information content (AvgIpc) is 2.44. The van der Waals surface area contributed by atoms with E-state index in [9.17, 15) is 0 Å². The highest BCUT2D eigenvalue weighted by atomic mass is 16.5. The van der Waals surface area contributed by atoms with Crippen molar-refractivity contribution in [3.8, 4) is 5.75 Å². The number of para-hydroxylation sites is 1. The zero-order chi connectivity index (χ0) is 13.2. The Bertz CT molecular complexity index is 168. The summed E-state index contributed by atoms with van der Waals surface area (Å²) in [6, 6.07) is 9.68. The molecule has 0 aliphatic carbocycles. The van der Waals surface area contributed by atoms with Crippen LogP contribution < -0.4 is 4.74 Å². The van der Waals surface area contributed by atoms with Gasteiger partial charge in [-0.1, -0.05) is 72.6 Å². The molecule has 0 radical (unpaired) electrons. The minimum absolute atomic E-state index is 0.910. The van der Waals surface area contributed by atoms with Crippen LogP contribution in [0.4, 0.5) is 0 Å². The first-order valence-electron chi connectivity index (χ1n) is 6.44. The highest BCUT2D eigenvalue weighted by Gasteiger charge is 1.80. The second-order valence-electron chi connectivity index (χ2n) is 2.52. The Morgan fingerprint density at radius 2 is 1.19 bits per heavy atom. The number of hydrogen-bond acceptors (Lipinski definition) is 1. The molecule has 0 heterocycles. The first-order chi connectivity index (χ1) is 7.85. The van der Waals surface area contributed by atoms with Gasteiger partial charge in [0.15, 0.2) is 0 Å². The normalized spacial score (nSPS) is 6.94. The van der Waals surface area contributed by atoms with Gasteiger partial charge in [0, 0.05) is 0 Å². The Kier molecular flexibility index (Phi) is 30.2. The van der Waals surface area contributed by atoms with Crippen LogP contribution in [-0.4, -0.2) is 7.11 Å². The number of unbranched alkanes of at least 4 members (excludes halogenated alkanes) is 1. The second kappa shape index (κ2) is 23.7. The van der Waals surface area contributed by atoms with Crippen molar-refractivity contribution in [2.75, 3.05) is 7.11 Å². The molecule has 0 aliphatic rings. The van der Waals surface area contributed by atoms with Gasteiger partial charge in [-0.2, -0.15) is 0 Å². The third-order valence-electron chi connectivity index (χ3n) is 1.48. The van der Waals surface area contributed by atoms with Gasteiger partial charge in [0.05, 0.1) is 7.11 Å². The molecular formula is C15H30O. The van der Waals surface area contributed by atoms with Gasteiger partial charge in [0.2, 0.25) is 0 Å². The Morgan fingerprint density at radius 1 is 0.812 bits per heavy atom. The van der Waals surface area contributed by atoms with Gasteiger partial charge in [-0.25, -0.2) is 0 Å². The Hall–Kier alpha value is -0.980. The molecule has 16 heavy (non-hydrogen) atoms. The molecule has 0 amide bonds. The molecule has 1 aromatic rings. The van der Waals surface area contributed by atoms with E-state index >= 15 is 0 Å². The lowest BCUT2D eigenvalue weighted by Gasteiger charge is -1.93. The van der Waals surface area contributed by atoms with Gasteiger partial charge in [-0.15, -0.1) is 0 Å². The summed E-state index contributed by atoms with van der Waals surface area (Å²) in [5.41, 5.74) is 0. The van der Waals surface area contributed by atoms with Gasteiger partial charge >= 0.3 is 0 Å². The zero-order valence-corrected chi connectivity index (χ0v) is 12.2. The number of ether oxygens (including phenoxy) is 1. The molecule has 0 unspecified atom stereocenters. The van der Waals surface area contributed by atoms with Gasteiger partial charge in [0.25, 0.3) is 0 Å². The Morgan fingerprint density at radius 3 is 1.38 bits per heavy atom. The molecule has 0 atom stereocenters. The fourth-order valence-corrected chi connectivity index (χ4v) is 0.557. The predicted octanol–water partition coefficient (Wildman–Crippen LogP) is 5.55. The fraction of sp³-hybridized carbons (Fsp3) is 0.600. The van der Waals surface area contributed by atoms with Crippen molar-refractivity contribution in [3.63, 3.8) is 0 Å². The second-order valence-corrected chi connectivity index (χ2v) is 2.52. The lowest BCUT2D eigenvalue weighted by atomic mass is 10.3. The van der Waals surface area contributed by atoms with Crippen LogP contribution in [0, 0.1) is 0 Å². The molecule has 0 saturated heterocycles. The molecule has 1 nitrogen and oxygen atoms in total. The predicted molar refractivity (Wildman–Crippen MR) is 76.3 cm³/mol. The summed E-state index contributed by atoms with van der Waals surface area (Å²) in [7, 11) is 1.66. The van der Waals surface area contributed by atoms with Gasteiger partial charge in [0.1, 0.15) is 5.75 Å². The van der Waals surface area contributed by atoms with E-state index in [4.69, 9.17) is 4.74 Å². The fourth-order valence-electron chi connectivity index (χ4n) is 0.557. The van der Waals surface area contributed by atoms with Crippen molar-refractivity contribution in [3.05, 3.63) is 30.3 Å². The summed E-state index contributed by atoms with van der Waals surface area (Å²) < 4.78 is 4.91. The van der Waals surface area contributed by atoms with Crippen molar-refractivity contribution >= 4 is 0 Å². The van der Waals surface area contributed by atoms with Crippen LogP contribution in [0.2, 0.25) is 0 Å². The van der Waals surface area contributed by atoms with Crippen molar-refractivity contribution < 1.29 is 4.74 Å². The summed E-state index contributed by atoms with van der Waals surface area (Å²) >= 11 is 0. The van der Waals surface area contributed by atoms with Crippen molar-refractivity contribution in [1.82, 2.24) is 0 Å². The molecule has 0 aromatic heterocycles. The maximum Gasteiger partial charge on any atom is 0.118 e. The van der Waals surface area contributed by atoms with Crippen molar-refractivity contribution in [1.29, 1.82) is 0 Å². The van der Waals surface area contributed by atoms with Crippen LogP contribution in [0.25, 0.3) is 0 Å². The van der Waals surface area contributed by atoms with E-state index in [1.165, 1.54) is 12.8 Å². The molecule has 1 heteroatoms. The van der Waals surface area contributed by atoms with E-state index in [1.54, 1.807) is 7.11 Å². The van der Waals surface area contributed by atoms with E-state index in [1.807, 2.05) is 58.0 Å². The number of methoxy groups -OCH3 is 1. The van der Waals surface area contributed by atoms with Crippen LogP contribution >= 0.6 is 0 Å². The van der Waals surface area contributed by atoms with Crippen molar-refractivity contribution in [2.45, 2.75) is 54.4 Å². The molecule has 0 bridgehead atoms. The lowest BCUT2D eigenvalue weighted by molar-refractivity contribution is 0.415. The molecule has 1 aromatic carbocycles. The summed E-state index contributed by atoms with van der Waals surface area (Å²) in [6.45, 7) is 12.4. The Labute approximate surface area is 103 Å². The number of rotatable bonds is 2. The first-order valence-corrected chi connectivity index (χ1v) is 6.44. The van der Waals surface area contributed by atoms with Gasteiger partial charge < -0.3 is 4.74 Å². The summed E-state index contributed by atoms with van der Waals surface area (Å²) in [5, 5.41) is 0. The highest BCUT2D eigenvalue weighted by Crippen LogP contribution is 2.05. The number of hydrogen-bond donors (Lipinski definition) is 0. The van der Waals surface area contributed by atoms with Crippen LogP contribution in [0.3, 0.4) is 0 Å². The van der Waals surface area contributed by atoms with Crippen LogP contribution in [0.1, 0.15) is 54.4 Å². The smallest absolute Gasteiger partial charge is 0.118 e. The molecule has 96 valence electrons. The molecule has 1 rings (SSSR count). The third-order valence-corrected chi connectivity index (χ3v) is 1.48.